The maximum atomic E-state index is 5.86. The Kier molecular flexibility index (Phi) is 2.52. The fourth-order valence-corrected chi connectivity index (χ4v) is 1.68. The zero-order valence-corrected chi connectivity index (χ0v) is 9.82. The molecule has 1 atom stereocenters. The van der Waals surface area contributed by atoms with E-state index in [0.717, 1.165) is 17.5 Å². The summed E-state index contributed by atoms with van der Waals surface area (Å²) in [6.07, 6.45) is 7.55. The molecule has 7 nitrogen and oxygen atoms in total. The van der Waals surface area contributed by atoms with Crippen molar-refractivity contribution in [1.82, 2.24) is 24.7 Å². The Hall–Kier alpha value is -2.28. The monoisotopic (exact) mass is 244 g/mol. The molecule has 0 saturated heterocycles. The highest BCUT2D eigenvalue weighted by atomic mass is 16.5. The summed E-state index contributed by atoms with van der Waals surface area (Å²) in [6, 6.07) is -0.206. The van der Waals surface area contributed by atoms with Gasteiger partial charge >= 0.3 is 0 Å². The predicted molar refractivity (Wildman–Crippen MR) is 63.5 cm³/mol. The highest BCUT2D eigenvalue weighted by molar-refractivity contribution is 5.73. The van der Waals surface area contributed by atoms with Crippen molar-refractivity contribution in [2.75, 3.05) is 0 Å². The first-order valence-electron chi connectivity index (χ1n) is 5.66. The molecular weight excluding hydrogens is 232 g/mol. The number of nitrogens with two attached hydrogens (primary N) is 1. The quantitative estimate of drug-likeness (QED) is 0.743. The summed E-state index contributed by atoms with van der Waals surface area (Å²) < 4.78 is 6.92. The Morgan fingerprint density at radius 3 is 3.17 bits per heavy atom. The second-order valence-electron chi connectivity index (χ2n) is 3.94. The lowest BCUT2D eigenvalue weighted by Crippen LogP contribution is -2.10. The maximum absolute atomic E-state index is 5.86. The van der Waals surface area contributed by atoms with Gasteiger partial charge in [-0.05, 0) is 6.42 Å². The van der Waals surface area contributed by atoms with E-state index in [1.807, 2.05) is 6.92 Å². The summed E-state index contributed by atoms with van der Waals surface area (Å²) in [6.45, 7) is 1.97. The average Bonchev–Trinajstić information content (AvgIpc) is 3.03. The molecule has 0 aliphatic carbocycles. The zero-order valence-electron chi connectivity index (χ0n) is 9.82. The van der Waals surface area contributed by atoms with Crippen LogP contribution < -0.4 is 5.73 Å². The number of hydrogen-bond donors (Lipinski definition) is 1. The molecular formula is C11H12N6O. The van der Waals surface area contributed by atoms with Crippen molar-refractivity contribution in [3.63, 3.8) is 0 Å². The van der Waals surface area contributed by atoms with E-state index in [-0.39, 0.29) is 6.04 Å². The third-order valence-electron chi connectivity index (χ3n) is 2.77. The maximum Gasteiger partial charge on any atom is 0.261 e. The number of nitrogens with zero attached hydrogens (tertiary/aromatic N) is 5. The van der Waals surface area contributed by atoms with Gasteiger partial charge in [-0.2, -0.15) is 10.1 Å². The van der Waals surface area contributed by atoms with Crippen LogP contribution in [0.15, 0.2) is 29.3 Å². The summed E-state index contributed by atoms with van der Waals surface area (Å²) in [4.78, 5) is 8.34. The Morgan fingerprint density at radius 1 is 1.44 bits per heavy atom. The molecule has 0 bridgehead atoms. The van der Waals surface area contributed by atoms with Crippen LogP contribution in [-0.4, -0.2) is 24.7 Å². The highest BCUT2D eigenvalue weighted by Crippen LogP contribution is 2.23. The molecule has 0 saturated carbocycles. The molecule has 92 valence electrons. The molecule has 0 aliphatic rings. The minimum atomic E-state index is -0.206. The van der Waals surface area contributed by atoms with E-state index >= 15 is 0 Å². The lowest BCUT2D eigenvalue weighted by molar-refractivity contribution is 0.415. The molecule has 2 N–H and O–H groups in total. The average molecular weight is 244 g/mol. The molecule has 3 aromatic rings. The number of fused-ring (bicyclic) bond motifs is 1. The van der Waals surface area contributed by atoms with Crippen LogP contribution in [0, 0.1) is 0 Å². The van der Waals surface area contributed by atoms with Gasteiger partial charge in [0.25, 0.3) is 5.89 Å². The molecule has 0 aromatic carbocycles. The van der Waals surface area contributed by atoms with Gasteiger partial charge in [0.1, 0.15) is 0 Å². The van der Waals surface area contributed by atoms with Crippen LogP contribution in [0.2, 0.25) is 0 Å². The van der Waals surface area contributed by atoms with Crippen molar-refractivity contribution >= 4 is 5.52 Å². The summed E-state index contributed by atoms with van der Waals surface area (Å²) >= 11 is 0. The number of hydrogen-bond acceptors (Lipinski definition) is 6. The molecule has 0 amide bonds. The van der Waals surface area contributed by atoms with Crippen molar-refractivity contribution in [3.05, 3.63) is 30.6 Å². The van der Waals surface area contributed by atoms with Gasteiger partial charge in [-0.25, -0.2) is 4.52 Å². The zero-order chi connectivity index (χ0) is 12.5. The minimum absolute atomic E-state index is 0.206. The van der Waals surface area contributed by atoms with Gasteiger partial charge in [0.2, 0.25) is 0 Å². The first-order valence-corrected chi connectivity index (χ1v) is 5.66. The number of aromatic nitrogens is 5. The SMILES string of the molecule is CCC(N)c1noc(-c2cnn3ccncc23)n1. The van der Waals surface area contributed by atoms with Gasteiger partial charge in [-0.1, -0.05) is 12.1 Å². The van der Waals surface area contributed by atoms with E-state index in [4.69, 9.17) is 10.3 Å². The fourth-order valence-electron chi connectivity index (χ4n) is 1.68. The van der Waals surface area contributed by atoms with Gasteiger partial charge in [0.05, 0.1) is 29.5 Å². The second-order valence-corrected chi connectivity index (χ2v) is 3.94. The van der Waals surface area contributed by atoms with E-state index in [9.17, 15) is 0 Å². The lowest BCUT2D eigenvalue weighted by Gasteiger charge is -1.99. The smallest absolute Gasteiger partial charge is 0.261 e. The van der Waals surface area contributed by atoms with E-state index in [1.165, 1.54) is 0 Å². The first kappa shape index (κ1) is 10.8. The van der Waals surface area contributed by atoms with Gasteiger partial charge < -0.3 is 10.3 Å². The van der Waals surface area contributed by atoms with Gasteiger partial charge in [-0.15, -0.1) is 0 Å². The van der Waals surface area contributed by atoms with E-state index in [1.54, 1.807) is 29.3 Å². The molecule has 0 aliphatic heterocycles. The molecule has 0 fully saturated rings. The summed E-state index contributed by atoms with van der Waals surface area (Å²) in [7, 11) is 0. The molecule has 3 aromatic heterocycles. The predicted octanol–water partition coefficient (Wildman–Crippen LogP) is 1.19. The third-order valence-corrected chi connectivity index (χ3v) is 2.77. The van der Waals surface area contributed by atoms with Crippen molar-refractivity contribution in [2.45, 2.75) is 19.4 Å². The van der Waals surface area contributed by atoms with Gasteiger partial charge in [-0.3, -0.25) is 4.98 Å². The van der Waals surface area contributed by atoms with Crippen LogP contribution in [-0.2, 0) is 0 Å². The molecule has 7 heteroatoms. The van der Waals surface area contributed by atoms with Crippen LogP contribution in [0.5, 0.6) is 0 Å². The van der Waals surface area contributed by atoms with Gasteiger partial charge in [0, 0.05) is 12.4 Å². The Labute approximate surface area is 103 Å². The van der Waals surface area contributed by atoms with E-state index in [0.29, 0.717) is 11.7 Å². The normalized spacial score (nSPS) is 13.0. The largest absolute Gasteiger partial charge is 0.334 e. The fraction of sp³-hybridized carbons (Fsp3) is 0.273. The third kappa shape index (κ3) is 1.65. The topological polar surface area (TPSA) is 95.1 Å². The van der Waals surface area contributed by atoms with Crippen molar-refractivity contribution < 1.29 is 4.52 Å². The molecule has 0 radical (unpaired) electrons. The summed E-state index contributed by atoms with van der Waals surface area (Å²) in [5, 5.41) is 8.07. The molecule has 0 spiro atoms. The molecule has 3 heterocycles. The van der Waals surface area contributed by atoms with E-state index in [2.05, 4.69) is 20.2 Å². The molecule has 18 heavy (non-hydrogen) atoms. The Bertz CT molecular complexity index is 673. The number of rotatable bonds is 3. The second kappa shape index (κ2) is 4.19. The van der Waals surface area contributed by atoms with Crippen LogP contribution >= 0.6 is 0 Å². The van der Waals surface area contributed by atoms with E-state index < -0.39 is 0 Å². The van der Waals surface area contributed by atoms with Crippen molar-refractivity contribution in [2.24, 2.45) is 5.73 Å². The Balaban J connectivity index is 2.07. The summed E-state index contributed by atoms with van der Waals surface area (Å²) in [5.74, 6) is 0.924. The standard InChI is InChI=1S/C11H12N6O/c1-2-8(12)10-15-11(18-16-10)7-5-14-17-4-3-13-6-9(7)17/h3-6,8H,2,12H2,1H3. The highest BCUT2D eigenvalue weighted by Gasteiger charge is 2.16. The molecule has 3 rings (SSSR count). The first-order chi connectivity index (χ1) is 8.79. The molecule has 1 unspecified atom stereocenters. The minimum Gasteiger partial charge on any atom is -0.334 e. The Morgan fingerprint density at radius 2 is 2.33 bits per heavy atom. The van der Waals surface area contributed by atoms with Crippen molar-refractivity contribution in [3.8, 4) is 11.5 Å². The van der Waals surface area contributed by atoms with Crippen LogP contribution in [0.25, 0.3) is 17.0 Å². The van der Waals surface area contributed by atoms with Crippen LogP contribution in [0.3, 0.4) is 0 Å². The van der Waals surface area contributed by atoms with Gasteiger partial charge in [0.15, 0.2) is 5.82 Å². The lowest BCUT2D eigenvalue weighted by atomic mass is 10.2. The van der Waals surface area contributed by atoms with Crippen LogP contribution in [0.1, 0.15) is 25.2 Å². The van der Waals surface area contributed by atoms with Crippen molar-refractivity contribution in [1.29, 1.82) is 0 Å². The summed E-state index contributed by atoms with van der Waals surface area (Å²) in [5.41, 5.74) is 7.43. The van der Waals surface area contributed by atoms with Crippen LogP contribution in [0.4, 0.5) is 0 Å².